The molecule has 2 N–H and O–H groups in total. The van der Waals surface area contributed by atoms with Crippen LogP contribution in [0.5, 0.6) is 0 Å². The van der Waals surface area contributed by atoms with Gasteiger partial charge in [0, 0.05) is 18.3 Å². The maximum atomic E-state index is 5.87. The van der Waals surface area contributed by atoms with Gasteiger partial charge in [0.05, 0.1) is 12.0 Å². The van der Waals surface area contributed by atoms with Crippen molar-refractivity contribution in [1.29, 1.82) is 0 Å². The van der Waals surface area contributed by atoms with Crippen LogP contribution in [0.15, 0.2) is 12.5 Å². The second-order valence-electron chi connectivity index (χ2n) is 3.89. The summed E-state index contributed by atoms with van der Waals surface area (Å²) in [4.78, 5) is 4.33. The van der Waals surface area contributed by atoms with Crippen molar-refractivity contribution in [1.82, 2.24) is 9.55 Å². The monoisotopic (exact) mass is 179 g/mol. The Balaban J connectivity index is 2.08. The lowest BCUT2D eigenvalue weighted by Gasteiger charge is -2.10. The number of rotatable bonds is 2. The summed E-state index contributed by atoms with van der Waals surface area (Å²) in [6.07, 6.45) is 8.60. The molecule has 1 aliphatic carbocycles. The predicted octanol–water partition coefficient (Wildman–Crippen LogP) is 1.50. The number of nitrogens with two attached hydrogens (primary N) is 1. The second-order valence-corrected chi connectivity index (χ2v) is 3.89. The van der Waals surface area contributed by atoms with E-state index < -0.39 is 0 Å². The summed E-state index contributed by atoms with van der Waals surface area (Å²) in [7, 11) is 0. The number of imidazole rings is 1. The average Bonchev–Trinajstić information content (AvgIpc) is 2.71. The van der Waals surface area contributed by atoms with E-state index in [1.165, 1.54) is 12.1 Å². The lowest BCUT2D eigenvalue weighted by Crippen LogP contribution is -2.15. The fraction of sp³-hybridized carbons (Fsp3) is 0.700. The molecule has 0 bridgehead atoms. The molecule has 2 atom stereocenters. The van der Waals surface area contributed by atoms with Crippen LogP contribution in [0.25, 0.3) is 0 Å². The van der Waals surface area contributed by atoms with E-state index in [1.54, 1.807) is 0 Å². The van der Waals surface area contributed by atoms with Crippen LogP contribution in [0.4, 0.5) is 0 Å². The third kappa shape index (κ3) is 1.75. The molecule has 1 heterocycles. The first kappa shape index (κ1) is 8.75. The molecule has 1 aromatic heterocycles. The Morgan fingerprint density at radius 3 is 3.00 bits per heavy atom. The van der Waals surface area contributed by atoms with E-state index in [0.29, 0.717) is 12.1 Å². The van der Waals surface area contributed by atoms with E-state index >= 15 is 0 Å². The van der Waals surface area contributed by atoms with Gasteiger partial charge in [-0.15, -0.1) is 0 Å². The van der Waals surface area contributed by atoms with E-state index in [0.717, 1.165) is 19.3 Å². The first-order valence-electron chi connectivity index (χ1n) is 5.07. The Morgan fingerprint density at radius 1 is 1.62 bits per heavy atom. The Labute approximate surface area is 79.0 Å². The van der Waals surface area contributed by atoms with E-state index in [9.17, 15) is 0 Å². The summed E-state index contributed by atoms with van der Waals surface area (Å²) in [6, 6.07) is 1.00. The van der Waals surface area contributed by atoms with Gasteiger partial charge in [-0.2, -0.15) is 0 Å². The van der Waals surface area contributed by atoms with E-state index in [2.05, 4.69) is 22.7 Å². The van der Waals surface area contributed by atoms with Crippen LogP contribution < -0.4 is 5.73 Å². The van der Waals surface area contributed by atoms with Crippen molar-refractivity contribution in [3.05, 3.63) is 18.2 Å². The Hall–Kier alpha value is -0.830. The topological polar surface area (TPSA) is 43.8 Å². The third-order valence-electron chi connectivity index (χ3n) is 2.88. The maximum Gasteiger partial charge on any atom is 0.0951 e. The van der Waals surface area contributed by atoms with Gasteiger partial charge in [-0.05, 0) is 25.7 Å². The molecule has 0 saturated heterocycles. The zero-order chi connectivity index (χ0) is 9.26. The molecule has 1 fully saturated rings. The second kappa shape index (κ2) is 3.50. The van der Waals surface area contributed by atoms with Crippen LogP contribution >= 0.6 is 0 Å². The number of aryl methyl sites for hydroxylation is 1. The molecule has 0 aromatic carbocycles. The van der Waals surface area contributed by atoms with Crippen LogP contribution in [0.2, 0.25) is 0 Å². The SMILES string of the molecule is CCc1cn(C2CCC(N)C2)cn1. The van der Waals surface area contributed by atoms with E-state index in [-0.39, 0.29) is 0 Å². The van der Waals surface area contributed by atoms with Crippen LogP contribution in [-0.2, 0) is 6.42 Å². The average molecular weight is 179 g/mol. The quantitative estimate of drug-likeness (QED) is 0.747. The predicted molar refractivity (Wildman–Crippen MR) is 52.5 cm³/mol. The summed E-state index contributed by atoms with van der Waals surface area (Å²) in [6.45, 7) is 2.13. The smallest absolute Gasteiger partial charge is 0.0951 e. The molecule has 72 valence electrons. The minimum Gasteiger partial charge on any atom is -0.334 e. The highest BCUT2D eigenvalue weighted by Crippen LogP contribution is 2.28. The van der Waals surface area contributed by atoms with Gasteiger partial charge < -0.3 is 10.3 Å². The molecule has 1 aliphatic rings. The highest BCUT2D eigenvalue weighted by Gasteiger charge is 2.22. The molecule has 0 aliphatic heterocycles. The Kier molecular flexibility index (Phi) is 2.36. The first-order chi connectivity index (χ1) is 6.29. The van der Waals surface area contributed by atoms with E-state index in [1.807, 2.05) is 6.33 Å². The highest BCUT2D eigenvalue weighted by molar-refractivity contribution is 4.99. The fourth-order valence-electron chi connectivity index (χ4n) is 2.02. The van der Waals surface area contributed by atoms with Crippen molar-refractivity contribution in [2.75, 3.05) is 0 Å². The van der Waals surface area contributed by atoms with E-state index in [4.69, 9.17) is 5.73 Å². The normalized spacial score (nSPS) is 28.2. The minimum absolute atomic E-state index is 0.400. The summed E-state index contributed by atoms with van der Waals surface area (Å²) in [5.41, 5.74) is 7.05. The largest absolute Gasteiger partial charge is 0.334 e. The van der Waals surface area contributed by atoms with Crippen LogP contribution in [0.1, 0.15) is 37.9 Å². The van der Waals surface area contributed by atoms with Crippen LogP contribution in [0.3, 0.4) is 0 Å². The Morgan fingerprint density at radius 2 is 2.46 bits per heavy atom. The lowest BCUT2D eigenvalue weighted by atomic mass is 10.2. The number of nitrogens with zero attached hydrogens (tertiary/aromatic N) is 2. The summed E-state index contributed by atoms with van der Waals surface area (Å²) < 4.78 is 2.23. The van der Waals surface area contributed by atoms with Crippen LogP contribution in [-0.4, -0.2) is 15.6 Å². The van der Waals surface area contributed by atoms with Gasteiger partial charge in [-0.1, -0.05) is 6.92 Å². The molecular formula is C10H17N3. The number of aromatic nitrogens is 2. The summed E-state index contributed by atoms with van der Waals surface area (Å²) in [5.74, 6) is 0. The molecule has 0 spiro atoms. The molecule has 0 radical (unpaired) electrons. The van der Waals surface area contributed by atoms with Gasteiger partial charge in [0.15, 0.2) is 0 Å². The van der Waals surface area contributed by atoms with Crippen molar-refractivity contribution < 1.29 is 0 Å². The summed E-state index contributed by atoms with van der Waals surface area (Å²) in [5, 5.41) is 0. The van der Waals surface area contributed by atoms with Gasteiger partial charge in [0.2, 0.25) is 0 Å². The van der Waals surface area contributed by atoms with Gasteiger partial charge in [-0.25, -0.2) is 4.98 Å². The van der Waals surface area contributed by atoms with Crippen molar-refractivity contribution in [3.63, 3.8) is 0 Å². The molecule has 13 heavy (non-hydrogen) atoms. The van der Waals surface area contributed by atoms with Gasteiger partial charge in [-0.3, -0.25) is 0 Å². The van der Waals surface area contributed by atoms with Crippen molar-refractivity contribution in [2.45, 2.75) is 44.7 Å². The highest BCUT2D eigenvalue weighted by atomic mass is 15.1. The van der Waals surface area contributed by atoms with Crippen LogP contribution in [0, 0.1) is 0 Å². The molecule has 2 unspecified atom stereocenters. The van der Waals surface area contributed by atoms with Gasteiger partial charge in [0.1, 0.15) is 0 Å². The molecule has 1 aromatic rings. The molecule has 3 nitrogen and oxygen atoms in total. The van der Waals surface area contributed by atoms with Gasteiger partial charge >= 0.3 is 0 Å². The zero-order valence-electron chi connectivity index (χ0n) is 8.11. The molecule has 2 rings (SSSR count). The minimum atomic E-state index is 0.400. The van der Waals surface area contributed by atoms with Crippen molar-refractivity contribution in [3.8, 4) is 0 Å². The molecule has 0 amide bonds. The first-order valence-corrected chi connectivity index (χ1v) is 5.07. The number of hydrogen-bond acceptors (Lipinski definition) is 2. The standard InChI is InChI=1S/C10H17N3/c1-2-9-6-13(7-12-9)10-4-3-8(11)5-10/h6-8,10H,2-5,11H2,1H3. The van der Waals surface area contributed by atoms with Crippen molar-refractivity contribution in [2.24, 2.45) is 5.73 Å². The molecular weight excluding hydrogens is 162 g/mol. The third-order valence-corrected chi connectivity index (χ3v) is 2.88. The molecule has 1 saturated carbocycles. The van der Waals surface area contributed by atoms with Gasteiger partial charge in [0.25, 0.3) is 0 Å². The number of hydrogen-bond donors (Lipinski definition) is 1. The maximum absolute atomic E-state index is 5.87. The fourth-order valence-corrected chi connectivity index (χ4v) is 2.02. The summed E-state index contributed by atoms with van der Waals surface area (Å²) >= 11 is 0. The lowest BCUT2D eigenvalue weighted by molar-refractivity contribution is 0.509. The Bertz CT molecular complexity index is 279. The van der Waals surface area contributed by atoms with Crippen molar-refractivity contribution >= 4 is 0 Å². The zero-order valence-corrected chi connectivity index (χ0v) is 8.11. The molecule has 3 heteroatoms.